The van der Waals surface area contributed by atoms with Crippen LogP contribution in [0, 0.1) is 0 Å². The Morgan fingerprint density at radius 2 is 1.79 bits per heavy atom. The molecule has 0 atom stereocenters. The first-order valence-corrected chi connectivity index (χ1v) is 12.6. The van der Waals surface area contributed by atoms with Gasteiger partial charge in [0.15, 0.2) is 10.9 Å². The summed E-state index contributed by atoms with van der Waals surface area (Å²) in [7, 11) is 0. The molecule has 33 heavy (non-hydrogen) atoms. The summed E-state index contributed by atoms with van der Waals surface area (Å²) in [5.41, 5.74) is 2.15. The van der Waals surface area contributed by atoms with Crippen LogP contribution in [0.5, 0.6) is 0 Å². The molecule has 0 bridgehead atoms. The molecule has 1 saturated heterocycles. The number of rotatable bonds is 8. The molecule has 170 valence electrons. The smallest absolute Gasteiger partial charge is 0.205 e. The van der Waals surface area contributed by atoms with Crippen LogP contribution < -0.4 is 0 Å². The number of halogens is 1. The van der Waals surface area contributed by atoms with E-state index in [1.54, 1.807) is 18.0 Å². The van der Waals surface area contributed by atoms with Gasteiger partial charge in [0, 0.05) is 10.6 Å². The molecule has 0 amide bonds. The number of hydrogen-bond acceptors (Lipinski definition) is 6. The van der Waals surface area contributed by atoms with Crippen molar-refractivity contribution >= 4 is 23.4 Å². The van der Waals surface area contributed by atoms with E-state index in [9.17, 15) is 0 Å². The number of aromatic nitrogens is 4. The lowest BCUT2D eigenvalue weighted by Gasteiger charge is -2.26. The Kier molecular flexibility index (Phi) is 7.09. The maximum absolute atomic E-state index is 6.11. The number of likely N-dealkylation sites (tertiary alicyclic amines) is 1. The monoisotopic (exact) mass is 479 g/mol. The molecule has 0 N–H and O–H groups in total. The van der Waals surface area contributed by atoms with Gasteiger partial charge >= 0.3 is 0 Å². The van der Waals surface area contributed by atoms with Crippen LogP contribution in [0.4, 0.5) is 0 Å². The molecular weight excluding hydrogens is 454 g/mol. The lowest BCUT2D eigenvalue weighted by molar-refractivity contribution is 0.213. The second kappa shape index (κ2) is 10.5. The van der Waals surface area contributed by atoms with Crippen molar-refractivity contribution in [2.75, 3.05) is 13.1 Å². The molecule has 0 spiro atoms. The lowest BCUT2D eigenvalue weighted by atomic mass is 10.1. The van der Waals surface area contributed by atoms with Crippen molar-refractivity contribution in [3.05, 3.63) is 83.1 Å². The van der Waals surface area contributed by atoms with E-state index in [0.29, 0.717) is 22.4 Å². The van der Waals surface area contributed by atoms with Gasteiger partial charge in [0.05, 0.1) is 25.0 Å². The van der Waals surface area contributed by atoms with Gasteiger partial charge < -0.3 is 8.98 Å². The molecule has 0 saturated carbocycles. The predicted octanol–water partition coefficient (Wildman–Crippen LogP) is 5.91. The maximum atomic E-state index is 6.11. The van der Waals surface area contributed by atoms with Crippen molar-refractivity contribution in [3.8, 4) is 11.3 Å². The number of hydrogen-bond donors (Lipinski definition) is 0. The third-order valence-electron chi connectivity index (χ3n) is 5.78. The molecule has 4 aromatic rings. The minimum atomic E-state index is 0.581. The van der Waals surface area contributed by atoms with Gasteiger partial charge in [-0.05, 0) is 43.6 Å². The summed E-state index contributed by atoms with van der Waals surface area (Å²) in [4.78, 5) is 6.94. The maximum Gasteiger partial charge on any atom is 0.205 e. The summed E-state index contributed by atoms with van der Waals surface area (Å²) >= 11 is 7.71. The molecule has 0 aliphatic carbocycles. The highest BCUT2D eigenvalue weighted by atomic mass is 35.5. The molecule has 8 heteroatoms. The first kappa shape index (κ1) is 22.2. The van der Waals surface area contributed by atoms with Crippen LogP contribution >= 0.6 is 23.4 Å². The molecule has 0 unspecified atom stereocenters. The minimum absolute atomic E-state index is 0.581. The van der Waals surface area contributed by atoms with Crippen molar-refractivity contribution in [1.29, 1.82) is 0 Å². The molecular formula is C25H26ClN5OS. The Balaban J connectivity index is 1.33. The van der Waals surface area contributed by atoms with Gasteiger partial charge in [0.2, 0.25) is 5.89 Å². The summed E-state index contributed by atoms with van der Waals surface area (Å²) in [5, 5.41) is 10.7. The average Bonchev–Trinajstić information content (AvgIpc) is 3.47. The zero-order chi connectivity index (χ0) is 22.5. The second-order valence-electron chi connectivity index (χ2n) is 8.22. The lowest BCUT2D eigenvalue weighted by Crippen LogP contribution is -2.30. The van der Waals surface area contributed by atoms with Gasteiger partial charge in [0.1, 0.15) is 5.82 Å². The highest BCUT2D eigenvalue weighted by Gasteiger charge is 2.19. The number of benzene rings is 2. The van der Waals surface area contributed by atoms with Crippen molar-refractivity contribution < 1.29 is 4.42 Å². The van der Waals surface area contributed by atoms with Crippen molar-refractivity contribution in [2.45, 2.75) is 43.3 Å². The molecule has 1 aliphatic heterocycles. The van der Waals surface area contributed by atoms with E-state index in [1.807, 2.05) is 30.3 Å². The van der Waals surface area contributed by atoms with Crippen LogP contribution in [0.1, 0.15) is 36.5 Å². The molecule has 0 radical (unpaired) electrons. The quantitative estimate of drug-likeness (QED) is 0.293. The Bertz CT molecular complexity index is 1190. The third kappa shape index (κ3) is 5.66. The zero-order valence-corrected chi connectivity index (χ0v) is 19.9. The Morgan fingerprint density at radius 1 is 0.939 bits per heavy atom. The van der Waals surface area contributed by atoms with Crippen molar-refractivity contribution in [2.24, 2.45) is 0 Å². The van der Waals surface area contributed by atoms with Crippen molar-refractivity contribution in [1.82, 2.24) is 24.6 Å². The molecule has 2 aromatic carbocycles. The van der Waals surface area contributed by atoms with Crippen LogP contribution in [0.3, 0.4) is 0 Å². The first-order chi connectivity index (χ1) is 16.2. The van der Waals surface area contributed by atoms with Crippen LogP contribution in [0.15, 0.2) is 70.4 Å². The van der Waals surface area contributed by atoms with Gasteiger partial charge in [-0.25, -0.2) is 4.98 Å². The molecule has 2 aromatic heterocycles. The first-order valence-electron chi connectivity index (χ1n) is 11.3. The van der Waals surface area contributed by atoms with E-state index in [2.05, 4.69) is 48.9 Å². The minimum Gasteiger partial charge on any atom is -0.440 e. The van der Waals surface area contributed by atoms with Gasteiger partial charge in [-0.15, -0.1) is 10.2 Å². The number of oxazole rings is 1. The van der Waals surface area contributed by atoms with E-state index >= 15 is 0 Å². The summed E-state index contributed by atoms with van der Waals surface area (Å²) in [6.07, 6.45) is 5.58. The molecule has 6 nitrogen and oxygen atoms in total. The fourth-order valence-electron chi connectivity index (χ4n) is 4.06. The Hall–Kier alpha value is -2.61. The highest BCUT2D eigenvalue weighted by molar-refractivity contribution is 7.98. The average molecular weight is 480 g/mol. The van der Waals surface area contributed by atoms with Gasteiger partial charge in [0.25, 0.3) is 0 Å². The summed E-state index contributed by atoms with van der Waals surface area (Å²) in [5.74, 6) is 2.96. The standard InChI is InChI=1S/C25H26ClN5OS/c26-21-11-7-10-20(14-21)22-15-27-24(32-22)18-33-25-29-28-23(17-30-12-5-2-6-13-30)31(25)16-19-8-3-1-4-9-19/h1,3-4,7-11,14-15H,2,5-6,12-13,16-18H2. The van der Waals surface area contributed by atoms with Crippen LogP contribution in [-0.4, -0.2) is 37.7 Å². The van der Waals surface area contributed by atoms with Crippen LogP contribution in [0.25, 0.3) is 11.3 Å². The number of thioether (sulfide) groups is 1. The van der Waals surface area contributed by atoms with E-state index < -0.39 is 0 Å². The van der Waals surface area contributed by atoms with Crippen LogP contribution in [-0.2, 0) is 18.8 Å². The predicted molar refractivity (Wildman–Crippen MR) is 131 cm³/mol. The van der Waals surface area contributed by atoms with Gasteiger partial charge in [-0.3, -0.25) is 4.90 Å². The molecule has 1 aliphatic rings. The summed E-state index contributed by atoms with van der Waals surface area (Å²) in [6, 6.07) is 18.1. The Morgan fingerprint density at radius 3 is 2.61 bits per heavy atom. The topological polar surface area (TPSA) is 60.0 Å². The van der Waals surface area contributed by atoms with E-state index in [1.165, 1.54) is 24.8 Å². The SMILES string of the molecule is Clc1cccc(-c2cnc(CSc3nnc(CN4CCCCC4)n3Cc3ccccc3)o2)c1. The normalized spacial score (nSPS) is 14.6. The van der Waals surface area contributed by atoms with E-state index in [4.69, 9.17) is 16.0 Å². The molecule has 3 heterocycles. The van der Waals surface area contributed by atoms with Gasteiger partial charge in [-0.2, -0.15) is 0 Å². The molecule has 1 fully saturated rings. The number of nitrogens with zero attached hydrogens (tertiary/aromatic N) is 5. The highest BCUT2D eigenvalue weighted by Crippen LogP contribution is 2.27. The molecule has 5 rings (SSSR count). The third-order valence-corrected chi connectivity index (χ3v) is 6.96. The largest absolute Gasteiger partial charge is 0.440 e. The Labute approximate surface area is 203 Å². The van der Waals surface area contributed by atoms with E-state index in [0.717, 1.165) is 42.7 Å². The second-order valence-corrected chi connectivity index (χ2v) is 9.60. The fourth-order valence-corrected chi connectivity index (χ4v) is 5.06. The van der Waals surface area contributed by atoms with Gasteiger partial charge in [-0.1, -0.05) is 72.2 Å². The summed E-state index contributed by atoms with van der Waals surface area (Å²) < 4.78 is 8.21. The van der Waals surface area contributed by atoms with Crippen molar-refractivity contribution in [3.63, 3.8) is 0 Å². The fraction of sp³-hybridized carbons (Fsp3) is 0.320. The zero-order valence-electron chi connectivity index (χ0n) is 18.4. The van der Waals surface area contributed by atoms with Crippen LogP contribution in [0.2, 0.25) is 5.02 Å². The summed E-state index contributed by atoms with van der Waals surface area (Å²) in [6.45, 7) is 3.84. The number of piperidine rings is 1. The van der Waals surface area contributed by atoms with E-state index in [-0.39, 0.29) is 0 Å².